The number of likely N-dealkylation sites (tertiary alicyclic amines) is 1. The molecule has 2 saturated heterocycles. The second-order valence-corrected chi connectivity index (χ2v) is 15.0. The van der Waals surface area contributed by atoms with E-state index >= 15 is 0 Å². The third-order valence-electron chi connectivity index (χ3n) is 9.63. The number of aromatic nitrogens is 1. The van der Waals surface area contributed by atoms with E-state index in [0.717, 1.165) is 4.90 Å². The zero-order valence-corrected chi connectivity index (χ0v) is 30.2. The van der Waals surface area contributed by atoms with Gasteiger partial charge in [-0.15, -0.1) is 0 Å². The van der Waals surface area contributed by atoms with Gasteiger partial charge in [0, 0.05) is 47.1 Å². The Bertz CT molecular complexity index is 2100. The van der Waals surface area contributed by atoms with Crippen LogP contribution in [0.15, 0.2) is 70.0 Å². The molecule has 0 aliphatic carbocycles. The smallest absolute Gasteiger partial charge is 0.339 e. The molecule has 2 aliphatic heterocycles. The van der Waals surface area contributed by atoms with E-state index in [2.05, 4.69) is 15.6 Å². The second-order valence-electron chi connectivity index (χ2n) is 15.0. The van der Waals surface area contributed by atoms with Crippen LogP contribution in [-0.2, 0) is 25.5 Å². The number of hydrogen-bond acceptors (Lipinski definition) is 9. The number of benzene rings is 2. The predicted octanol–water partition coefficient (Wildman–Crippen LogP) is 5.97. The molecule has 2 aliphatic rings. The number of carbonyl (C=O) groups excluding carboxylic acids is 3. The molecule has 2 N–H and O–H groups in total. The van der Waals surface area contributed by atoms with Crippen molar-refractivity contribution in [2.45, 2.75) is 102 Å². The molecule has 0 spiro atoms. The summed E-state index contributed by atoms with van der Waals surface area (Å²) in [5.41, 5.74) is -1.29. The van der Waals surface area contributed by atoms with Gasteiger partial charge >= 0.3 is 5.63 Å². The lowest BCUT2D eigenvalue weighted by Gasteiger charge is -2.36. The van der Waals surface area contributed by atoms with Crippen LogP contribution in [0.2, 0.25) is 0 Å². The molecule has 2 aromatic carbocycles. The first-order valence-electron chi connectivity index (χ1n) is 17.6. The normalized spacial score (nSPS) is 21.8. The fourth-order valence-corrected chi connectivity index (χ4v) is 6.98. The zero-order valence-electron chi connectivity index (χ0n) is 30.2. The number of para-hydroxylation sites is 1. The van der Waals surface area contributed by atoms with Crippen LogP contribution >= 0.6 is 0 Å². The number of nitrogens with zero attached hydrogens (tertiary/aromatic N) is 2. The molecule has 282 valence electrons. The largest absolute Gasteiger partial charge is 0.422 e. The lowest BCUT2D eigenvalue weighted by Crippen LogP contribution is -2.53. The summed E-state index contributed by atoms with van der Waals surface area (Å²) in [5.74, 6) is -5.40. The number of ether oxygens (including phenoxy) is 2. The maximum atomic E-state index is 14.8. The van der Waals surface area contributed by atoms with Crippen LogP contribution in [0.25, 0.3) is 21.9 Å². The van der Waals surface area contributed by atoms with E-state index in [9.17, 15) is 32.3 Å². The highest BCUT2D eigenvalue weighted by Gasteiger charge is 2.52. The first-order chi connectivity index (χ1) is 24.9. The molecule has 4 heterocycles. The van der Waals surface area contributed by atoms with Crippen LogP contribution in [0, 0.1) is 0 Å². The highest BCUT2D eigenvalue weighted by molar-refractivity contribution is 6.07. The maximum Gasteiger partial charge on any atom is 0.339 e. The molecule has 2 aromatic heterocycles. The minimum atomic E-state index is -3.32. The number of rotatable bonds is 11. The van der Waals surface area contributed by atoms with Gasteiger partial charge in [-0.1, -0.05) is 18.2 Å². The van der Waals surface area contributed by atoms with Crippen LogP contribution in [-0.4, -0.2) is 82.2 Å². The van der Waals surface area contributed by atoms with E-state index in [1.54, 1.807) is 56.3 Å². The summed E-state index contributed by atoms with van der Waals surface area (Å²) >= 11 is 0. The van der Waals surface area contributed by atoms with Crippen molar-refractivity contribution in [1.29, 1.82) is 0 Å². The quantitative estimate of drug-likeness (QED) is 0.178. The van der Waals surface area contributed by atoms with Crippen molar-refractivity contribution < 1.29 is 41.4 Å². The van der Waals surface area contributed by atoms with Crippen LogP contribution in [0.4, 0.5) is 18.9 Å². The van der Waals surface area contributed by atoms with Crippen molar-refractivity contribution >= 4 is 45.2 Å². The number of fused-ring (bicyclic) bond motifs is 2. The number of carbonyl (C=O) groups is 3. The summed E-state index contributed by atoms with van der Waals surface area (Å²) in [6.45, 7) is 6.79. The van der Waals surface area contributed by atoms with Crippen molar-refractivity contribution in [2.75, 3.05) is 18.4 Å². The van der Waals surface area contributed by atoms with Gasteiger partial charge in [-0.2, -0.15) is 0 Å². The number of ketones is 1. The van der Waals surface area contributed by atoms with E-state index in [1.807, 2.05) is 6.92 Å². The first kappa shape index (κ1) is 37.9. The number of Topliss-reactive ketones (excluding diaryl/α,β-unsaturated/α-hetero) is 1. The summed E-state index contributed by atoms with van der Waals surface area (Å²) in [6, 6.07) is 13.5. The number of hydrogen-bond donors (Lipinski definition) is 2. The summed E-state index contributed by atoms with van der Waals surface area (Å²) in [5, 5.41) is 6.68. The Labute approximate surface area is 304 Å². The molecule has 0 bridgehead atoms. The van der Waals surface area contributed by atoms with Gasteiger partial charge in [-0.05, 0) is 77.8 Å². The summed E-state index contributed by atoms with van der Waals surface area (Å²) in [4.78, 5) is 58.2. The monoisotopic (exact) mass is 736 g/mol. The Kier molecular flexibility index (Phi) is 10.4. The number of halogens is 3. The third kappa shape index (κ3) is 8.54. The van der Waals surface area contributed by atoms with Crippen molar-refractivity contribution in [2.24, 2.45) is 0 Å². The Balaban J connectivity index is 1.12. The molecule has 2 amide bonds. The minimum Gasteiger partial charge on any atom is -0.422 e. The van der Waals surface area contributed by atoms with Crippen molar-refractivity contribution in [3.05, 3.63) is 82.3 Å². The van der Waals surface area contributed by atoms with E-state index in [-0.39, 0.29) is 23.7 Å². The molecule has 53 heavy (non-hydrogen) atoms. The molecule has 14 heteroatoms. The van der Waals surface area contributed by atoms with Crippen LogP contribution in [0.5, 0.6) is 0 Å². The minimum absolute atomic E-state index is 0.124. The zero-order chi connectivity index (χ0) is 38.3. The lowest BCUT2D eigenvalue weighted by atomic mass is 9.91. The van der Waals surface area contributed by atoms with Crippen molar-refractivity contribution in [3.63, 3.8) is 0 Å². The number of alkyl halides is 3. The van der Waals surface area contributed by atoms with Gasteiger partial charge in [-0.3, -0.25) is 19.4 Å². The maximum absolute atomic E-state index is 14.8. The van der Waals surface area contributed by atoms with Gasteiger partial charge < -0.3 is 29.4 Å². The molecule has 6 rings (SSSR count). The molecule has 2 fully saturated rings. The Morgan fingerprint density at radius 3 is 2.58 bits per heavy atom. The van der Waals surface area contributed by atoms with Gasteiger partial charge in [-0.25, -0.2) is 18.0 Å². The Morgan fingerprint density at radius 2 is 1.81 bits per heavy atom. The standard InChI is InChI=1S/C39H43F3N4O7/c1-22-10-13-28(40)36(51-22)53-37(2,3)18-24-16-23-11-12-25(17-31(23)52-35(24)50)45-38(4,5)33(48)30-19-39(41,42)21-46(30)32(47)20-44-34(49)27-14-15-43-29-9-7-6-8-26(27)29/h6-9,11-12,14-17,22,28,30,36,45H,10,13,18-21H2,1-5H3,(H,44,49)/t22-,28?,30?,36?/m1/s1. The Hall–Kier alpha value is -4.82. The van der Waals surface area contributed by atoms with E-state index < -0.39 is 78.3 Å². The van der Waals surface area contributed by atoms with E-state index in [1.165, 1.54) is 32.2 Å². The Morgan fingerprint density at radius 1 is 1.06 bits per heavy atom. The predicted molar refractivity (Wildman–Crippen MR) is 192 cm³/mol. The molecule has 11 nitrogen and oxygen atoms in total. The molecular weight excluding hydrogens is 693 g/mol. The topological polar surface area (TPSA) is 140 Å². The van der Waals surface area contributed by atoms with Crippen molar-refractivity contribution in [1.82, 2.24) is 15.2 Å². The van der Waals surface area contributed by atoms with Gasteiger partial charge in [0.1, 0.15) is 5.58 Å². The fourth-order valence-electron chi connectivity index (χ4n) is 6.98. The number of pyridine rings is 1. The highest BCUT2D eigenvalue weighted by atomic mass is 19.3. The SMILES string of the molecule is C[C@@H]1CCC(F)C(OC(C)(C)Cc2cc3ccc(NC(C)(C)C(=O)C4CC(F)(F)CN4C(=O)CNC(=O)c4ccnc5ccccc45)cc3oc2=O)O1. The van der Waals surface area contributed by atoms with E-state index in [0.29, 0.717) is 40.4 Å². The first-order valence-corrected chi connectivity index (χ1v) is 17.6. The number of anilines is 1. The summed E-state index contributed by atoms with van der Waals surface area (Å²) in [6.07, 6.45) is -0.829. The number of amides is 2. The van der Waals surface area contributed by atoms with Gasteiger partial charge in [0.05, 0.1) is 47.5 Å². The molecule has 4 aromatic rings. The van der Waals surface area contributed by atoms with Crippen LogP contribution in [0.3, 0.4) is 0 Å². The molecule has 4 atom stereocenters. The van der Waals surface area contributed by atoms with Gasteiger partial charge in [0.25, 0.3) is 11.8 Å². The van der Waals surface area contributed by atoms with E-state index in [4.69, 9.17) is 13.9 Å². The summed E-state index contributed by atoms with van der Waals surface area (Å²) < 4.78 is 61.3. The lowest BCUT2D eigenvalue weighted by molar-refractivity contribution is -0.259. The second kappa shape index (κ2) is 14.5. The molecule has 0 saturated carbocycles. The highest BCUT2D eigenvalue weighted by Crippen LogP contribution is 2.35. The van der Waals surface area contributed by atoms with Crippen molar-refractivity contribution in [3.8, 4) is 0 Å². The molecular formula is C39H43F3N4O7. The average Bonchev–Trinajstić information content (AvgIpc) is 3.43. The van der Waals surface area contributed by atoms with Crippen LogP contribution < -0.4 is 16.3 Å². The van der Waals surface area contributed by atoms with Crippen LogP contribution in [0.1, 0.15) is 69.8 Å². The molecule has 0 radical (unpaired) electrons. The fraction of sp³-hybridized carbons (Fsp3) is 0.462. The van der Waals surface area contributed by atoms with Gasteiger partial charge in [0.15, 0.2) is 18.2 Å². The third-order valence-corrected chi connectivity index (χ3v) is 9.63. The number of nitrogens with one attached hydrogen (secondary N) is 2. The molecule has 3 unspecified atom stereocenters. The average molecular weight is 737 g/mol. The van der Waals surface area contributed by atoms with Gasteiger partial charge in [0.2, 0.25) is 5.91 Å². The summed E-state index contributed by atoms with van der Waals surface area (Å²) in [7, 11) is 0.